The molecular weight excluding hydrogens is 250 g/mol. The number of anilines is 1. The van der Waals surface area contributed by atoms with E-state index < -0.39 is 0 Å². The molecule has 0 aromatic carbocycles. The normalized spacial score (nSPS) is 10.1. The first kappa shape index (κ1) is 13.9. The van der Waals surface area contributed by atoms with Gasteiger partial charge in [-0.15, -0.1) is 5.10 Å². The van der Waals surface area contributed by atoms with Gasteiger partial charge in [-0.3, -0.25) is 4.98 Å². The van der Waals surface area contributed by atoms with Crippen molar-refractivity contribution >= 4 is 5.82 Å². The Morgan fingerprint density at radius 1 is 1.25 bits per heavy atom. The molecule has 102 valence electrons. The van der Waals surface area contributed by atoms with E-state index in [4.69, 9.17) is 0 Å². The molecule has 0 aliphatic rings. The number of aryl methyl sites for hydroxylation is 1. The SMILES string of the molecule is CCN(Cc1ccccn1)c1nnc(C)c(C)c1C#N. The van der Waals surface area contributed by atoms with Gasteiger partial charge in [0.15, 0.2) is 5.82 Å². The van der Waals surface area contributed by atoms with Crippen molar-refractivity contribution < 1.29 is 0 Å². The molecule has 2 aromatic rings. The summed E-state index contributed by atoms with van der Waals surface area (Å²) in [5.41, 5.74) is 3.21. The van der Waals surface area contributed by atoms with Gasteiger partial charge in [0.1, 0.15) is 11.6 Å². The standard InChI is InChI=1S/C15H17N5/c1-4-20(10-13-7-5-6-8-17-13)15-14(9-16)11(2)12(3)18-19-15/h5-8H,4,10H2,1-3H3. The quantitative estimate of drug-likeness (QED) is 0.851. The number of rotatable bonds is 4. The zero-order valence-electron chi connectivity index (χ0n) is 12.0. The Balaban J connectivity index is 2.38. The Kier molecular flexibility index (Phi) is 4.26. The van der Waals surface area contributed by atoms with Crippen LogP contribution in [-0.4, -0.2) is 21.7 Å². The number of nitriles is 1. The monoisotopic (exact) mass is 267 g/mol. The van der Waals surface area contributed by atoms with Crippen LogP contribution in [-0.2, 0) is 6.54 Å². The average Bonchev–Trinajstić information content (AvgIpc) is 2.48. The first-order valence-corrected chi connectivity index (χ1v) is 6.56. The summed E-state index contributed by atoms with van der Waals surface area (Å²) in [4.78, 5) is 6.33. The molecule has 0 saturated heterocycles. The average molecular weight is 267 g/mol. The molecule has 0 radical (unpaired) electrons. The van der Waals surface area contributed by atoms with E-state index in [1.807, 2.05) is 43.9 Å². The van der Waals surface area contributed by atoms with Crippen LogP contribution in [0, 0.1) is 25.2 Å². The maximum absolute atomic E-state index is 9.37. The number of pyridine rings is 1. The van der Waals surface area contributed by atoms with Gasteiger partial charge in [-0.2, -0.15) is 10.4 Å². The van der Waals surface area contributed by atoms with Crippen molar-refractivity contribution in [2.45, 2.75) is 27.3 Å². The molecule has 0 amide bonds. The lowest BCUT2D eigenvalue weighted by Gasteiger charge is -2.22. The van der Waals surface area contributed by atoms with Gasteiger partial charge >= 0.3 is 0 Å². The lowest BCUT2D eigenvalue weighted by atomic mass is 10.1. The molecule has 0 unspecified atom stereocenters. The smallest absolute Gasteiger partial charge is 0.169 e. The molecule has 0 aliphatic carbocycles. The van der Waals surface area contributed by atoms with Crippen molar-refractivity contribution in [2.24, 2.45) is 0 Å². The van der Waals surface area contributed by atoms with Gasteiger partial charge in [-0.05, 0) is 38.5 Å². The van der Waals surface area contributed by atoms with Gasteiger partial charge in [0.2, 0.25) is 0 Å². The van der Waals surface area contributed by atoms with Gasteiger partial charge in [-0.25, -0.2) is 0 Å². The van der Waals surface area contributed by atoms with Gasteiger partial charge in [-0.1, -0.05) is 6.07 Å². The number of hydrogen-bond acceptors (Lipinski definition) is 5. The van der Waals surface area contributed by atoms with Gasteiger partial charge in [0.05, 0.1) is 17.9 Å². The Hall–Kier alpha value is -2.48. The minimum absolute atomic E-state index is 0.593. The van der Waals surface area contributed by atoms with Gasteiger partial charge in [0, 0.05) is 12.7 Å². The zero-order valence-corrected chi connectivity index (χ0v) is 12.0. The second-order valence-electron chi connectivity index (χ2n) is 4.56. The third-order valence-corrected chi connectivity index (χ3v) is 3.31. The minimum Gasteiger partial charge on any atom is -0.348 e. The molecule has 0 aliphatic heterocycles. The highest BCUT2D eigenvalue weighted by atomic mass is 15.3. The van der Waals surface area contributed by atoms with E-state index in [1.165, 1.54) is 0 Å². The van der Waals surface area contributed by atoms with E-state index in [0.29, 0.717) is 17.9 Å². The number of hydrogen-bond donors (Lipinski definition) is 0. The fourth-order valence-electron chi connectivity index (χ4n) is 1.97. The third kappa shape index (κ3) is 2.75. The largest absolute Gasteiger partial charge is 0.348 e. The minimum atomic E-state index is 0.593. The predicted molar refractivity (Wildman–Crippen MR) is 77.2 cm³/mol. The van der Waals surface area contributed by atoms with E-state index in [-0.39, 0.29) is 0 Å². The number of nitrogens with zero attached hydrogens (tertiary/aromatic N) is 5. The van der Waals surface area contributed by atoms with Crippen molar-refractivity contribution in [3.8, 4) is 6.07 Å². The Bertz CT molecular complexity index is 631. The van der Waals surface area contributed by atoms with Crippen molar-refractivity contribution in [1.82, 2.24) is 15.2 Å². The second-order valence-corrected chi connectivity index (χ2v) is 4.56. The van der Waals surface area contributed by atoms with Crippen LogP contribution in [0.5, 0.6) is 0 Å². The van der Waals surface area contributed by atoms with Crippen LogP contribution in [0.1, 0.15) is 29.4 Å². The molecule has 0 spiro atoms. The van der Waals surface area contributed by atoms with Crippen molar-refractivity contribution in [3.05, 3.63) is 46.9 Å². The van der Waals surface area contributed by atoms with E-state index in [9.17, 15) is 5.26 Å². The van der Waals surface area contributed by atoms with Crippen LogP contribution >= 0.6 is 0 Å². The summed E-state index contributed by atoms with van der Waals surface area (Å²) in [6.07, 6.45) is 1.76. The maximum atomic E-state index is 9.37. The Morgan fingerprint density at radius 3 is 2.65 bits per heavy atom. The molecule has 0 N–H and O–H groups in total. The number of aromatic nitrogens is 3. The van der Waals surface area contributed by atoms with E-state index >= 15 is 0 Å². The fraction of sp³-hybridized carbons (Fsp3) is 0.333. The highest BCUT2D eigenvalue weighted by molar-refractivity contribution is 5.57. The molecule has 2 heterocycles. The zero-order chi connectivity index (χ0) is 14.5. The molecule has 5 heteroatoms. The summed E-state index contributed by atoms with van der Waals surface area (Å²) in [6.45, 7) is 7.15. The first-order valence-electron chi connectivity index (χ1n) is 6.56. The van der Waals surface area contributed by atoms with Crippen molar-refractivity contribution in [3.63, 3.8) is 0 Å². The molecule has 0 fully saturated rings. The predicted octanol–water partition coefficient (Wildman–Crippen LogP) is 2.39. The van der Waals surface area contributed by atoms with Crippen LogP contribution in [0.3, 0.4) is 0 Å². The summed E-state index contributed by atoms with van der Waals surface area (Å²) >= 11 is 0. The highest BCUT2D eigenvalue weighted by Gasteiger charge is 2.16. The molecule has 0 bridgehead atoms. The summed E-state index contributed by atoms with van der Waals surface area (Å²) in [5, 5.41) is 17.7. The van der Waals surface area contributed by atoms with Crippen molar-refractivity contribution in [1.29, 1.82) is 5.26 Å². The van der Waals surface area contributed by atoms with E-state index in [0.717, 1.165) is 23.5 Å². The van der Waals surface area contributed by atoms with Crippen LogP contribution < -0.4 is 4.90 Å². The van der Waals surface area contributed by atoms with E-state index in [2.05, 4.69) is 21.3 Å². The second kappa shape index (κ2) is 6.11. The first-order chi connectivity index (χ1) is 9.67. The Labute approximate surface area is 118 Å². The third-order valence-electron chi connectivity index (χ3n) is 3.31. The lowest BCUT2D eigenvalue weighted by molar-refractivity contribution is 0.771. The summed E-state index contributed by atoms with van der Waals surface area (Å²) in [6, 6.07) is 8.04. The maximum Gasteiger partial charge on any atom is 0.169 e. The Morgan fingerprint density at radius 2 is 2.05 bits per heavy atom. The van der Waals surface area contributed by atoms with Gasteiger partial charge < -0.3 is 4.90 Å². The van der Waals surface area contributed by atoms with E-state index in [1.54, 1.807) is 6.20 Å². The van der Waals surface area contributed by atoms with Crippen molar-refractivity contribution in [2.75, 3.05) is 11.4 Å². The van der Waals surface area contributed by atoms with Gasteiger partial charge in [0.25, 0.3) is 0 Å². The van der Waals surface area contributed by atoms with Crippen LogP contribution in [0.2, 0.25) is 0 Å². The molecule has 5 nitrogen and oxygen atoms in total. The molecular formula is C15H17N5. The molecule has 0 atom stereocenters. The lowest BCUT2D eigenvalue weighted by Crippen LogP contribution is -2.25. The topological polar surface area (TPSA) is 65.7 Å². The summed E-state index contributed by atoms with van der Waals surface area (Å²) in [5.74, 6) is 0.628. The fourth-order valence-corrected chi connectivity index (χ4v) is 1.97. The van der Waals surface area contributed by atoms with Crippen LogP contribution in [0.15, 0.2) is 24.4 Å². The molecule has 20 heavy (non-hydrogen) atoms. The van der Waals surface area contributed by atoms with Crippen LogP contribution in [0.25, 0.3) is 0 Å². The molecule has 0 saturated carbocycles. The summed E-state index contributed by atoms with van der Waals surface area (Å²) < 4.78 is 0. The summed E-state index contributed by atoms with van der Waals surface area (Å²) in [7, 11) is 0. The highest BCUT2D eigenvalue weighted by Crippen LogP contribution is 2.22. The molecule has 2 aromatic heterocycles. The molecule has 2 rings (SSSR count). The van der Waals surface area contributed by atoms with Crippen LogP contribution in [0.4, 0.5) is 5.82 Å².